The normalized spacial score (nSPS) is 19.1. The maximum Gasteiger partial charge on any atom is 0.153 e. The Balaban J connectivity index is 1.90. The first-order valence-corrected chi connectivity index (χ1v) is 6.72. The van der Waals surface area contributed by atoms with Gasteiger partial charge >= 0.3 is 0 Å². The highest BCUT2D eigenvalue weighted by molar-refractivity contribution is 7.72. The number of hydrogen-bond donors (Lipinski definition) is 1. The molecule has 0 spiro atoms. The summed E-state index contributed by atoms with van der Waals surface area (Å²) in [4.78, 5) is 10.1. The van der Waals surface area contributed by atoms with Gasteiger partial charge in [-0.3, -0.25) is 4.90 Å². The van der Waals surface area contributed by atoms with E-state index in [0.717, 1.165) is 31.6 Å². The summed E-state index contributed by atoms with van der Waals surface area (Å²) in [6.07, 6.45) is 5.26. The van der Waals surface area contributed by atoms with Crippen LogP contribution in [0.1, 0.15) is 24.5 Å². The van der Waals surface area contributed by atoms with E-state index in [1.54, 1.807) is 12.5 Å². The van der Waals surface area contributed by atoms with Gasteiger partial charge in [0.2, 0.25) is 0 Å². The van der Waals surface area contributed by atoms with E-state index in [9.17, 15) is 8.42 Å². The maximum absolute atomic E-state index is 10.6. The molecular weight excluding hydrogens is 226 g/mol. The van der Waals surface area contributed by atoms with Gasteiger partial charge in [-0.15, -0.1) is 0 Å². The predicted octanol–water partition coefficient (Wildman–Crippen LogP) is 0.225. The van der Waals surface area contributed by atoms with Crippen LogP contribution in [0.4, 0.5) is 0 Å². The Hall–Kier alpha value is -1.01. The third-order valence-electron chi connectivity index (χ3n) is 2.93. The monoisotopic (exact) mass is 241 g/mol. The van der Waals surface area contributed by atoms with Crippen LogP contribution in [0.15, 0.2) is 18.6 Å². The topological polar surface area (TPSA) is 63.2 Å². The lowest BCUT2D eigenvalue weighted by Crippen LogP contribution is -2.34. The Bertz CT molecular complexity index is 392. The van der Waals surface area contributed by atoms with Crippen LogP contribution in [-0.2, 0) is 10.7 Å². The van der Waals surface area contributed by atoms with Crippen LogP contribution in [0.5, 0.6) is 0 Å². The molecular formula is C10H15N3O2S. The van der Waals surface area contributed by atoms with Crippen molar-refractivity contribution in [2.24, 2.45) is 0 Å². The van der Waals surface area contributed by atoms with E-state index in [0.29, 0.717) is 5.92 Å². The highest BCUT2D eigenvalue weighted by atomic mass is 32.2. The fourth-order valence-corrected chi connectivity index (χ4v) is 2.69. The third-order valence-corrected chi connectivity index (χ3v) is 3.56. The molecule has 1 aliphatic rings. The number of hydrogen-bond acceptors (Lipinski definition) is 5. The summed E-state index contributed by atoms with van der Waals surface area (Å²) in [6.45, 7) is 1.66. The summed E-state index contributed by atoms with van der Waals surface area (Å²) in [6, 6.07) is 1.94. The molecule has 0 amide bonds. The molecule has 0 atom stereocenters. The molecule has 1 aromatic heterocycles. The van der Waals surface area contributed by atoms with Crippen LogP contribution in [0.25, 0.3) is 0 Å². The van der Waals surface area contributed by atoms with Gasteiger partial charge in [-0.1, -0.05) is 0 Å². The van der Waals surface area contributed by atoms with E-state index in [1.807, 2.05) is 11.0 Å². The summed E-state index contributed by atoms with van der Waals surface area (Å²) in [5.74, 6) is 0.634. The molecule has 0 radical (unpaired) electrons. The van der Waals surface area contributed by atoms with Crippen molar-refractivity contribution in [3.63, 3.8) is 0 Å². The Morgan fingerprint density at radius 1 is 1.38 bits per heavy atom. The molecule has 1 aromatic rings. The number of rotatable bonds is 3. The van der Waals surface area contributed by atoms with Crippen molar-refractivity contribution in [2.45, 2.75) is 18.8 Å². The van der Waals surface area contributed by atoms with Crippen molar-refractivity contribution < 1.29 is 8.42 Å². The molecule has 1 aliphatic heterocycles. The zero-order valence-corrected chi connectivity index (χ0v) is 9.84. The lowest BCUT2D eigenvalue weighted by atomic mass is 9.94. The Kier molecular flexibility index (Phi) is 3.84. The predicted molar refractivity (Wildman–Crippen MR) is 60.8 cm³/mol. The molecule has 6 heteroatoms. The SMILES string of the molecule is O=[SH](=O)CN1CCC(c2ccncn2)CC1. The summed E-state index contributed by atoms with van der Waals surface area (Å²) in [5.41, 5.74) is 1.07. The summed E-state index contributed by atoms with van der Waals surface area (Å²) >= 11 is 0. The fraction of sp³-hybridized carbons (Fsp3) is 0.600. The number of thiol groups is 1. The summed E-state index contributed by atoms with van der Waals surface area (Å²) < 4.78 is 21.2. The standard InChI is InChI=1S/C10H15N3O2S/c14-16(15)8-13-5-2-9(3-6-13)10-1-4-11-7-12-10/h1,4,7,9,16H,2-3,5-6,8H2. The Morgan fingerprint density at radius 3 is 2.69 bits per heavy atom. The van der Waals surface area contributed by atoms with Crippen LogP contribution in [-0.4, -0.2) is 42.3 Å². The molecule has 0 aliphatic carbocycles. The quantitative estimate of drug-likeness (QED) is 0.767. The average Bonchev–Trinajstić information content (AvgIpc) is 2.30. The van der Waals surface area contributed by atoms with Gasteiger partial charge in [-0.25, -0.2) is 18.4 Å². The minimum atomic E-state index is -2.29. The molecule has 5 nitrogen and oxygen atoms in total. The smallest absolute Gasteiger partial charge is 0.153 e. The molecule has 2 heterocycles. The third kappa shape index (κ3) is 2.99. The van der Waals surface area contributed by atoms with Gasteiger partial charge in [0.05, 0.1) is 5.88 Å². The summed E-state index contributed by atoms with van der Waals surface area (Å²) in [5, 5.41) is 0. The first kappa shape index (κ1) is 11.5. The molecule has 1 saturated heterocycles. The van der Waals surface area contributed by atoms with Crippen molar-refractivity contribution in [1.29, 1.82) is 0 Å². The average molecular weight is 241 g/mol. The lowest BCUT2D eigenvalue weighted by molar-refractivity contribution is 0.241. The van der Waals surface area contributed by atoms with E-state index in [-0.39, 0.29) is 5.88 Å². The van der Waals surface area contributed by atoms with Gasteiger partial charge < -0.3 is 0 Å². The van der Waals surface area contributed by atoms with Gasteiger partial charge in [0.1, 0.15) is 6.33 Å². The number of likely N-dealkylation sites (tertiary alicyclic amines) is 1. The van der Waals surface area contributed by atoms with E-state index in [2.05, 4.69) is 9.97 Å². The van der Waals surface area contributed by atoms with Gasteiger partial charge in [0.15, 0.2) is 10.7 Å². The zero-order chi connectivity index (χ0) is 11.4. The molecule has 2 rings (SSSR count). The van der Waals surface area contributed by atoms with E-state index in [4.69, 9.17) is 0 Å². The second-order valence-electron chi connectivity index (χ2n) is 4.00. The summed E-state index contributed by atoms with van der Waals surface area (Å²) in [7, 11) is -2.29. The van der Waals surface area contributed by atoms with Crippen molar-refractivity contribution in [2.75, 3.05) is 19.0 Å². The zero-order valence-electron chi connectivity index (χ0n) is 8.95. The molecule has 88 valence electrons. The van der Waals surface area contributed by atoms with E-state index in [1.165, 1.54) is 0 Å². The minimum absolute atomic E-state index is 0.186. The molecule has 0 N–H and O–H groups in total. The minimum Gasteiger partial charge on any atom is -0.290 e. The largest absolute Gasteiger partial charge is 0.290 e. The molecule has 0 bridgehead atoms. The maximum atomic E-state index is 10.6. The van der Waals surface area contributed by atoms with Crippen molar-refractivity contribution in [3.8, 4) is 0 Å². The van der Waals surface area contributed by atoms with E-state index >= 15 is 0 Å². The van der Waals surface area contributed by atoms with Crippen molar-refractivity contribution in [1.82, 2.24) is 14.9 Å². The molecule has 16 heavy (non-hydrogen) atoms. The van der Waals surface area contributed by atoms with Crippen LogP contribution in [0, 0.1) is 0 Å². The second-order valence-corrected chi connectivity index (χ2v) is 4.95. The number of nitrogens with zero attached hydrogens (tertiary/aromatic N) is 3. The first-order chi connectivity index (χ1) is 7.75. The molecule has 0 saturated carbocycles. The van der Waals surface area contributed by atoms with Crippen LogP contribution in [0.3, 0.4) is 0 Å². The van der Waals surface area contributed by atoms with E-state index < -0.39 is 10.7 Å². The molecule has 1 fully saturated rings. The Labute approximate surface area is 96.5 Å². The lowest BCUT2D eigenvalue weighted by Gasteiger charge is -2.29. The van der Waals surface area contributed by atoms with Gasteiger partial charge in [0.25, 0.3) is 0 Å². The van der Waals surface area contributed by atoms with Crippen LogP contribution >= 0.6 is 0 Å². The number of aromatic nitrogens is 2. The van der Waals surface area contributed by atoms with Crippen molar-refractivity contribution >= 4 is 10.7 Å². The van der Waals surface area contributed by atoms with Gasteiger partial charge in [-0.2, -0.15) is 0 Å². The fourth-order valence-electron chi connectivity index (χ4n) is 2.08. The number of piperidine rings is 1. The van der Waals surface area contributed by atoms with Crippen LogP contribution < -0.4 is 0 Å². The molecule has 0 aromatic carbocycles. The highest BCUT2D eigenvalue weighted by Gasteiger charge is 2.21. The molecule has 0 unspecified atom stereocenters. The first-order valence-electron chi connectivity index (χ1n) is 5.36. The second kappa shape index (κ2) is 5.36. The van der Waals surface area contributed by atoms with Gasteiger partial charge in [-0.05, 0) is 32.0 Å². The Morgan fingerprint density at radius 2 is 2.12 bits per heavy atom. The van der Waals surface area contributed by atoms with Gasteiger partial charge in [0, 0.05) is 17.8 Å². The highest BCUT2D eigenvalue weighted by Crippen LogP contribution is 2.25. The van der Waals surface area contributed by atoms with Crippen LogP contribution in [0.2, 0.25) is 0 Å². The van der Waals surface area contributed by atoms with Crippen molar-refractivity contribution in [3.05, 3.63) is 24.3 Å².